The minimum Gasteiger partial charge on any atom is -0.324 e. The summed E-state index contributed by atoms with van der Waals surface area (Å²) < 4.78 is 14.9. The summed E-state index contributed by atoms with van der Waals surface area (Å²) in [6.07, 6.45) is 1.16. The van der Waals surface area contributed by atoms with E-state index in [9.17, 15) is 4.57 Å². The Morgan fingerprint density at radius 3 is 2.50 bits per heavy atom. The molecule has 0 heterocycles. The summed E-state index contributed by atoms with van der Waals surface area (Å²) in [5, 5.41) is 0. The fourth-order valence-corrected chi connectivity index (χ4v) is 0.779. The summed E-state index contributed by atoms with van der Waals surface area (Å²) in [5.74, 6) is 0. The van der Waals surface area contributed by atoms with Crippen molar-refractivity contribution < 1.29 is 14.0 Å². The van der Waals surface area contributed by atoms with Gasteiger partial charge in [-0.3, -0.25) is 4.57 Å². The van der Waals surface area contributed by atoms with E-state index in [0.29, 0.717) is 0 Å². The first kappa shape index (κ1) is 8.15. The summed E-state index contributed by atoms with van der Waals surface area (Å²) in [5.41, 5.74) is 0. The van der Waals surface area contributed by atoms with Crippen LogP contribution in [0.1, 0.15) is 13.8 Å². The molecule has 0 aliphatic heterocycles. The van der Waals surface area contributed by atoms with Gasteiger partial charge in [0.05, 0.1) is 12.8 Å². The van der Waals surface area contributed by atoms with Crippen LogP contribution in [0.3, 0.4) is 0 Å². The van der Waals surface area contributed by atoms with E-state index in [4.69, 9.17) is 4.89 Å². The lowest BCUT2D eigenvalue weighted by Crippen LogP contribution is -1.85. The van der Waals surface area contributed by atoms with Gasteiger partial charge in [-0.15, -0.1) is 0 Å². The van der Waals surface area contributed by atoms with E-state index < -0.39 is 7.60 Å². The number of hydrogen-bond acceptors (Lipinski definition) is 2. The lowest BCUT2D eigenvalue weighted by Gasteiger charge is -2.04. The van der Waals surface area contributed by atoms with Crippen molar-refractivity contribution in [3.05, 3.63) is 6.16 Å². The Balaban J connectivity index is 3.55. The second-order valence-corrected chi connectivity index (χ2v) is 3.14. The summed E-state index contributed by atoms with van der Waals surface area (Å²) in [4.78, 5) is 8.60. The molecule has 0 amide bonds. The van der Waals surface area contributed by atoms with Crippen LogP contribution in [-0.2, 0) is 9.09 Å². The largest absolute Gasteiger partial charge is 0.331 e. The molecule has 1 unspecified atom stereocenters. The first-order chi connectivity index (χ1) is 3.62. The molecule has 0 fully saturated rings. The zero-order valence-electron chi connectivity index (χ0n) is 5.00. The van der Waals surface area contributed by atoms with E-state index in [1.54, 1.807) is 6.92 Å². The molecule has 8 heavy (non-hydrogen) atoms. The lowest BCUT2D eigenvalue weighted by atomic mass is 10.9. The van der Waals surface area contributed by atoms with Crippen LogP contribution in [0.5, 0.6) is 0 Å². The predicted octanol–water partition coefficient (Wildman–Crippen LogP) is 1.39. The molecule has 3 nitrogen and oxygen atoms in total. The van der Waals surface area contributed by atoms with Crippen LogP contribution in [-0.4, -0.2) is 11.5 Å². The van der Waals surface area contributed by atoms with Crippen LogP contribution in [0.2, 0.25) is 0 Å². The van der Waals surface area contributed by atoms with Crippen molar-refractivity contribution in [1.82, 2.24) is 0 Å². The molecule has 49 valence electrons. The highest BCUT2D eigenvalue weighted by molar-refractivity contribution is 7.55. The monoisotopic (exact) mass is 137 g/mol. The summed E-state index contributed by atoms with van der Waals surface area (Å²) in [6, 6.07) is 0. The molecule has 0 bridgehead atoms. The molecule has 0 saturated heterocycles. The van der Waals surface area contributed by atoms with Crippen molar-refractivity contribution in [3.8, 4) is 0 Å². The number of rotatable bonds is 3. The van der Waals surface area contributed by atoms with Crippen molar-refractivity contribution >= 4 is 7.60 Å². The quantitative estimate of drug-likeness (QED) is 0.598. The van der Waals surface area contributed by atoms with Crippen molar-refractivity contribution in [1.29, 1.82) is 0 Å². The SMILES string of the molecule is C[CH]P(=O)(O)OCC. The van der Waals surface area contributed by atoms with E-state index in [1.807, 2.05) is 0 Å². The molecule has 0 aromatic carbocycles. The molecule has 1 atom stereocenters. The third-order valence-electron chi connectivity index (χ3n) is 0.640. The van der Waals surface area contributed by atoms with E-state index in [1.165, 1.54) is 6.92 Å². The molecular weight excluding hydrogens is 127 g/mol. The van der Waals surface area contributed by atoms with Gasteiger partial charge in [-0.1, -0.05) is 6.92 Å². The molecule has 4 heteroatoms. The summed E-state index contributed by atoms with van der Waals surface area (Å²) in [7, 11) is -3.30. The van der Waals surface area contributed by atoms with Crippen LogP contribution in [0.4, 0.5) is 0 Å². The van der Waals surface area contributed by atoms with Crippen molar-refractivity contribution in [3.63, 3.8) is 0 Å². The normalized spacial score (nSPS) is 17.9. The fourth-order valence-electron chi connectivity index (χ4n) is 0.260. The van der Waals surface area contributed by atoms with Crippen molar-refractivity contribution in [2.75, 3.05) is 6.61 Å². The smallest absolute Gasteiger partial charge is 0.324 e. The van der Waals surface area contributed by atoms with Gasteiger partial charge in [-0.2, -0.15) is 0 Å². The second-order valence-electron chi connectivity index (χ2n) is 1.24. The van der Waals surface area contributed by atoms with Gasteiger partial charge in [0.15, 0.2) is 0 Å². The first-order valence-corrected chi connectivity index (χ1v) is 4.04. The fraction of sp³-hybridized carbons (Fsp3) is 0.750. The van der Waals surface area contributed by atoms with Crippen molar-refractivity contribution in [2.24, 2.45) is 0 Å². The minimum atomic E-state index is -3.30. The van der Waals surface area contributed by atoms with Gasteiger partial charge in [-0.05, 0) is 6.92 Å². The standard InChI is InChI=1S/C4H10O3P/c1-3-7-8(5,6)4-2/h4H,3H2,1-2H3,(H,5,6). The lowest BCUT2D eigenvalue weighted by molar-refractivity contribution is 0.279. The van der Waals surface area contributed by atoms with E-state index in [-0.39, 0.29) is 6.61 Å². The van der Waals surface area contributed by atoms with Gasteiger partial charge in [0.2, 0.25) is 0 Å². The summed E-state index contributed by atoms with van der Waals surface area (Å²) in [6.45, 7) is 3.45. The zero-order valence-corrected chi connectivity index (χ0v) is 5.89. The third-order valence-corrected chi connectivity index (χ3v) is 1.92. The minimum absolute atomic E-state index is 0.276. The Labute approximate surface area is 49.2 Å². The topological polar surface area (TPSA) is 46.5 Å². The van der Waals surface area contributed by atoms with Gasteiger partial charge >= 0.3 is 7.60 Å². The molecule has 1 radical (unpaired) electrons. The Morgan fingerprint density at radius 2 is 2.38 bits per heavy atom. The van der Waals surface area contributed by atoms with Gasteiger partial charge in [0.25, 0.3) is 0 Å². The third kappa shape index (κ3) is 3.19. The number of hydrogen-bond donors (Lipinski definition) is 1. The average molecular weight is 137 g/mol. The van der Waals surface area contributed by atoms with Gasteiger partial charge < -0.3 is 9.42 Å². The van der Waals surface area contributed by atoms with Crippen LogP contribution < -0.4 is 0 Å². The molecule has 0 aromatic rings. The van der Waals surface area contributed by atoms with Crippen LogP contribution in [0, 0.1) is 6.16 Å². The van der Waals surface area contributed by atoms with Crippen LogP contribution in [0.25, 0.3) is 0 Å². The van der Waals surface area contributed by atoms with E-state index >= 15 is 0 Å². The Hall–Kier alpha value is 0.150. The molecule has 0 saturated carbocycles. The van der Waals surface area contributed by atoms with E-state index in [0.717, 1.165) is 6.16 Å². The molecule has 0 aliphatic rings. The Kier molecular flexibility index (Phi) is 3.29. The Morgan fingerprint density at radius 1 is 1.88 bits per heavy atom. The maximum Gasteiger partial charge on any atom is 0.331 e. The molecule has 0 rings (SSSR count). The van der Waals surface area contributed by atoms with Gasteiger partial charge in [-0.25, -0.2) is 0 Å². The summed E-state index contributed by atoms with van der Waals surface area (Å²) >= 11 is 0. The van der Waals surface area contributed by atoms with Gasteiger partial charge in [0, 0.05) is 0 Å². The Bertz CT molecular complexity index is 101. The zero-order chi connectivity index (χ0) is 6.62. The maximum atomic E-state index is 10.5. The highest BCUT2D eigenvalue weighted by Gasteiger charge is 2.13. The molecule has 0 aliphatic carbocycles. The average Bonchev–Trinajstić information content (AvgIpc) is 1.67. The van der Waals surface area contributed by atoms with Crippen LogP contribution >= 0.6 is 7.60 Å². The van der Waals surface area contributed by atoms with Crippen LogP contribution in [0.15, 0.2) is 0 Å². The highest BCUT2D eigenvalue weighted by atomic mass is 31.2. The molecular formula is C4H10O3P. The van der Waals surface area contributed by atoms with Gasteiger partial charge in [0.1, 0.15) is 0 Å². The first-order valence-electron chi connectivity index (χ1n) is 2.40. The van der Waals surface area contributed by atoms with E-state index in [2.05, 4.69) is 4.52 Å². The second kappa shape index (κ2) is 3.23. The van der Waals surface area contributed by atoms with Crippen molar-refractivity contribution in [2.45, 2.75) is 13.8 Å². The highest BCUT2D eigenvalue weighted by Crippen LogP contribution is 2.44. The molecule has 0 spiro atoms. The molecule has 0 aromatic heterocycles. The molecule has 1 N–H and O–H groups in total. The maximum absolute atomic E-state index is 10.5. The predicted molar refractivity (Wildman–Crippen MR) is 31.4 cm³/mol.